The molecule has 5 nitrogen and oxygen atoms in total. The highest BCUT2D eigenvalue weighted by atomic mass is 32.1. The summed E-state index contributed by atoms with van der Waals surface area (Å²) in [5.74, 6) is 0.206. The van der Waals surface area contributed by atoms with Gasteiger partial charge in [0.15, 0.2) is 5.13 Å². The van der Waals surface area contributed by atoms with E-state index in [4.69, 9.17) is 15.9 Å². The number of nitrogens with one attached hydrogen (secondary N) is 1. The number of hydrogen-bond donors (Lipinski definition) is 2. The zero-order chi connectivity index (χ0) is 12.8. The van der Waals surface area contributed by atoms with E-state index in [0.717, 1.165) is 17.4 Å². The molecule has 0 saturated carbocycles. The van der Waals surface area contributed by atoms with Gasteiger partial charge in [-0.15, -0.1) is 11.3 Å². The third-order valence-corrected chi connectivity index (χ3v) is 3.64. The van der Waals surface area contributed by atoms with Gasteiger partial charge >= 0.3 is 0 Å². The maximum atomic E-state index is 7.28. The van der Waals surface area contributed by atoms with Crippen molar-refractivity contribution in [2.75, 3.05) is 31.7 Å². The SMILES string of the molecule is COCCN(CCC(=N)N)c1nc(C)c(C)s1. The summed E-state index contributed by atoms with van der Waals surface area (Å²) in [6.45, 7) is 6.21. The van der Waals surface area contributed by atoms with Crippen molar-refractivity contribution in [3.8, 4) is 0 Å². The second kappa shape index (κ2) is 6.56. The Morgan fingerprint density at radius 2 is 2.18 bits per heavy atom. The van der Waals surface area contributed by atoms with Crippen molar-refractivity contribution in [3.05, 3.63) is 10.6 Å². The molecule has 96 valence electrons. The van der Waals surface area contributed by atoms with Crippen LogP contribution in [0.3, 0.4) is 0 Å². The summed E-state index contributed by atoms with van der Waals surface area (Å²) in [5, 5.41) is 8.26. The monoisotopic (exact) mass is 256 g/mol. The number of aryl methyl sites for hydroxylation is 2. The topological polar surface area (TPSA) is 75.2 Å². The molecule has 3 N–H and O–H groups in total. The van der Waals surface area contributed by atoms with Crippen molar-refractivity contribution in [2.45, 2.75) is 20.3 Å². The molecule has 0 radical (unpaired) electrons. The number of methoxy groups -OCH3 is 1. The van der Waals surface area contributed by atoms with Crippen molar-refractivity contribution < 1.29 is 4.74 Å². The molecule has 0 fully saturated rings. The summed E-state index contributed by atoms with van der Waals surface area (Å²) in [5.41, 5.74) is 6.46. The number of aromatic nitrogens is 1. The molecule has 0 unspecified atom stereocenters. The van der Waals surface area contributed by atoms with Crippen LogP contribution in [0.2, 0.25) is 0 Å². The first-order valence-electron chi connectivity index (χ1n) is 5.55. The number of rotatable bonds is 7. The highest BCUT2D eigenvalue weighted by Gasteiger charge is 2.12. The van der Waals surface area contributed by atoms with Gasteiger partial charge in [0.25, 0.3) is 0 Å². The fourth-order valence-corrected chi connectivity index (χ4v) is 2.31. The summed E-state index contributed by atoms with van der Waals surface area (Å²) in [6, 6.07) is 0. The molecule has 0 aliphatic carbocycles. The molecule has 0 spiro atoms. The first kappa shape index (κ1) is 13.9. The lowest BCUT2D eigenvalue weighted by Gasteiger charge is -2.21. The second-order valence-corrected chi connectivity index (χ2v) is 5.07. The van der Waals surface area contributed by atoms with Gasteiger partial charge in [-0.1, -0.05) is 0 Å². The number of anilines is 1. The summed E-state index contributed by atoms with van der Waals surface area (Å²) in [4.78, 5) is 7.87. The first-order chi connectivity index (χ1) is 8.04. The largest absolute Gasteiger partial charge is 0.388 e. The predicted molar refractivity (Wildman–Crippen MR) is 72.2 cm³/mol. The Hall–Kier alpha value is -1.14. The van der Waals surface area contributed by atoms with Crippen LogP contribution in [-0.4, -0.2) is 37.6 Å². The average molecular weight is 256 g/mol. The summed E-state index contributed by atoms with van der Waals surface area (Å²) in [7, 11) is 1.68. The van der Waals surface area contributed by atoms with Gasteiger partial charge in [-0.2, -0.15) is 0 Å². The van der Waals surface area contributed by atoms with Crippen LogP contribution in [0, 0.1) is 19.3 Å². The Bertz CT molecular complexity index is 358. The first-order valence-corrected chi connectivity index (χ1v) is 6.37. The molecule has 0 aliphatic heterocycles. The minimum atomic E-state index is 0.206. The molecule has 1 rings (SSSR count). The Kier molecular flexibility index (Phi) is 5.37. The number of hydrogen-bond acceptors (Lipinski definition) is 5. The van der Waals surface area contributed by atoms with E-state index in [1.807, 2.05) is 6.92 Å². The number of ether oxygens (including phenoxy) is 1. The molecule has 17 heavy (non-hydrogen) atoms. The fraction of sp³-hybridized carbons (Fsp3) is 0.636. The molecule has 0 saturated heterocycles. The smallest absolute Gasteiger partial charge is 0.185 e. The van der Waals surface area contributed by atoms with E-state index >= 15 is 0 Å². The van der Waals surface area contributed by atoms with Crippen LogP contribution in [0.4, 0.5) is 5.13 Å². The van der Waals surface area contributed by atoms with Crippen molar-refractivity contribution in [3.63, 3.8) is 0 Å². The zero-order valence-electron chi connectivity index (χ0n) is 10.6. The minimum absolute atomic E-state index is 0.206. The number of nitrogens with two attached hydrogens (primary N) is 1. The number of amidine groups is 1. The normalized spacial score (nSPS) is 10.5. The lowest BCUT2D eigenvalue weighted by atomic mass is 10.3. The van der Waals surface area contributed by atoms with Gasteiger partial charge < -0.3 is 15.4 Å². The third kappa shape index (κ3) is 4.32. The third-order valence-electron chi connectivity index (χ3n) is 2.50. The molecule has 0 aliphatic rings. The molecule has 0 amide bonds. The lowest BCUT2D eigenvalue weighted by molar-refractivity contribution is 0.205. The molecule has 0 atom stereocenters. The van der Waals surface area contributed by atoms with Crippen LogP contribution in [-0.2, 0) is 4.74 Å². The average Bonchev–Trinajstić information content (AvgIpc) is 2.59. The molecule has 1 heterocycles. The minimum Gasteiger partial charge on any atom is -0.388 e. The second-order valence-electron chi connectivity index (χ2n) is 3.89. The summed E-state index contributed by atoms with van der Waals surface area (Å²) < 4.78 is 5.09. The Morgan fingerprint density at radius 1 is 1.47 bits per heavy atom. The van der Waals surface area contributed by atoms with Crippen LogP contribution >= 0.6 is 11.3 Å². The van der Waals surface area contributed by atoms with Crippen LogP contribution < -0.4 is 10.6 Å². The van der Waals surface area contributed by atoms with E-state index in [1.54, 1.807) is 18.4 Å². The molecule has 6 heteroatoms. The van der Waals surface area contributed by atoms with E-state index in [-0.39, 0.29) is 5.84 Å². The van der Waals surface area contributed by atoms with E-state index in [0.29, 0.717) is 19.6 Å². The predicted octanol–water partition coefficient (Wildman–Crippen LogP) is 1.54. The Labute approximate surface area is 106 Å². The van der Waals surface area contributed by atoms with Gasteiger partial charge in [0.1, 0.15) is 0 Å². The fourth-order valence-electron chi connectivity index (χ4n) is 1.35. The Morgan fingerprint density at radius 3 is 2.65 bits per heavy atom. The lowest BCUT2D eigenvalue weighted by Crippen LogP contribution is -2.30. The number of nitrogens with zero attached hydrogens (tertiary/aromatic N) is 2. The summed E-state index contributed by atoms with van der Waals surface area (Å²) in [6.07, 6.45) is 0.557. The van der Waals surface area contributed by atoms with Crippen molar-refractivity contribution in [1.29, 1.82) is 5.41 Å². The maximum absolute atomic E-state index is 7.28. The van der Waals surface area contributed by atoms with Crippen LogP contribution in [0.1, 0.15) is 17.0 Å². The van der Waals surface area contributed by atoms with Gasteiger partial charge in [0.2, 0.25) is 0 Å². The van der Waals surface area contributed by atoms with E-state index in [1.165, 1.54) is 4.88 Å². The van der Waals surface area contributed by atoms with Crippen molar-refractivity contribution >= 4 is 22.3 Å². The van der Waals surface area contributed by atoms with Crippen molar-refractivity contribution in [2.24, 2.45) is 5.73 Å². The molecular formula is C11H20N4OS. The molecule has 1 aromatic rings. The van der Waals surface area contributed by atoms with E-state index in [9.17, 15) is 0 Å². The van der Waals surface area contributed by atoms with Gasteiger partial charge in [-0.05, 0) is 13.8 Å². The van der Waals surface area contributed by atoms with Gasteiger partial charge in [-0.25, -0.2) is 4.98 Å². The van der Waals surface area contributed by atoms with Crippen molar-refractivity contribution in [1.82, 2.24) is 4.98 Å². The van der Waals surface area contributed by atoms with Gasteiger partial charge in [0.05, 0.1) is 18.1 Å². The standard InChI is InChI=1S/C11H20N4OS/c1-8-9(2)17-11(14-8)15(6-7-16-3)5-4-10(12)13/h4-7H2,1-3H3,(H3,12,13). The highest BCUT2D eigenvalue weighted by molar-refractivity contribution is 7.15. The van der Waals surface area contributed by atoms with Crippen LogP contribution in [0.25, 0.3) is 0 Å². The molecule has 0 bridgehead atoms. The van der Waals surface area contributed by atoms with E-state index in [2.05, 4.69) is 16.8 Å². The molecule has 0 aromatic carbocycles. The maximum Gasteiger partial charge on any atom is 0.185 e. The van der Waals surface area contributed by atoms with E-state index < -0.39 is 0 Å². The van der Waals surface area contributed by atoms with Gasteiger partial charge in [-0.3, -0.25) is 5.41 Å². The molecular weight excluding hydrogens is 236 g/mol. The molecule has 1 aromatic heterocycles. The van der Waals surface area contributed by atoms with Crippen LogP contribution in [0.5, 0.6) is 0 Å². The summed E-state index contributed by atoms with van der Waals surface area (Å²) >= 11 is 1.67. The van der Waals surface area contributed by atoms with Crippen LogP contribution in [0.15, 0.2) is 0 Å². The number of thiazole rings is 1. The van der Waals surface area contributed by atoms with Gasteiger partial charge in [0, 0.05) is 31.5 Å². The Balaban J connectivity index is 2.70. The zero-order valence-corrected chi connectivity index (χ0v) is 11.4. The quantitative estimate of drug-likeness (QED) is 0.573. The highest BCUT2D eigenvalue weighted by Crippen LogP contribution is 2.25.